The number of carbonyl (C=O) groups excluding carboxylic acids is 1. The van der Waals surface area contributed by atoms with Gasteiger partial charge in [-0.25, -0.2) is 0 Å². The maximum absolute atomic E-state index is 14.2. The molecule has 1 aromatic heterocycles. The van der Waals surface area contributed by atoms with Crippen LogP contribution in [0.2, 0.25) is 0 Å². The monoisotopic (exact) mass is 1080 g/mol. The zero-order valence-electron chi connectivity index (χ0n) is 35.8. The molecule has 0 saturated carbocycles. The number of halogens is 24. The van der Waals surface area contributed by atoms with Gasteiger partial charge >= 0.3 is 49.4 Å². The Labute approximate surface area is 394 Å². The molecule has 0 saturated heterocycles. The number of rotatable bonds is 7. The molecule has 392 valence electrons. The number of aromatic nitrogens is 1. The summed E-state index contributed by atoms with van der Waals surface area (Å²) >= 11 is 0. The lowest BCUT2D eigenvalue weighted by Gasteiger charge is -2.46. The summed E-state index contributed by atoms with van der Waals surface area (Å²) in [6, 6.07) is 4.65. The Bertz CT molecular complexity index is 2520. The quantitative estimate of drug-likeness (QED) is 0.0675. The molecule has 0 aliphatic rings. The van der Waals surface area contributed by atoms with Crippen molar-refractivity contribution in [1.29, 1.82) is 0 Å². The van der Waals surface area contributed by atoms with E-state index in [2.05, 4.69) is 0 Å². The van der Waals surface area contributed by atoms with E-state index in [-0.39, 0.29) is 5.78 Å². The minimum Gasteiger partial charge on any atom is -0.287 e. The molecule has 27 heteroatoms. The van der Waals surface area contributed by atoms with Crippen molar-refractivity contribution in [2.24, 2.45) is 0 Å². The SMILES string of the molecule is Cc1ccccc1C(=O)C[n+]1ccccc1.FC(F)(F)c1cc([B-](c2cc(C(F)(F)F)cc(C(F)(F)F)c2)(c2cc(C(F)(F)F)cc(C(F)(F)F)c2)c2cc(C(F)(F)F)cc(C(F)(F)F)c2)cc(C(F)(F)F)c1. The lowest BCUT2D eigenvalue weighted by atomic mass is 9.12. The van der Waals surface area contributed by atoms with E-state index in [9.17, 15) is 110 Å². The van der Waals surface area contributed by atoms with E-state index in [4.69, 9.17) is 0 Å². The second-order valence-electron chi connectivity index (χ2n) is 16.0. The fraction of sp³-hybridized carbons (Fsp3) is 0.217. The first-order valence-corrected chi connectivity index (χ1v) is 19.9. The van der Waals surface area contributed by atoms with Crippen LogP contribution in [-0.2, 0) is 56.0 Å². The lowest BCUT2D eigenvalue weighted by Crippen LogP contribution is -2.75. The first kappa shape index (κ1) is 57.2. The maximum Gasteiger partial charge on any atom is 0.416 e. The van der Waals surface area contributed by atoms with E-state index >= 15 is 0 Å². The molecule has 0 aliphatic heterocycles. The van der Waals surface area contributed by atoms with Gasteiger partial charge in [0, 0.05) is 17.7 Å². The van der Waals surface area contributed by atoms with Gasteiger partial charge in [-0.2, -0.15) is 132 Å². The van der Waals surface area contributed by atoms with Gasteiger partial charge in [-0.1, -0.05) is 78.9 Å². The Morgan fingerprint density at radius 2 is 0.589 bits per heavy atom. The Kier molecular flexibility index (Phi) is 15.4. The topological polar surface area (TPSA) is 20.9 Å². The van der Waals surface area contributed by atoms with Gasteiger partial charge in [0.2, 0.25) is 12.3 Å². The predicted octanol–water partition coefficient (Wildman–Crippen LogP) is 13.4. The van der Waals surface area contributed by atoms with Crippen LogP contribution in [-0.4, -0.2) is 11.9 Å². The third-order valence-corrected chi connectivity index (χ3v) is 11.0. The van der Waals surface area contributed by atoms with Crippen molar-refractivity contribution in [3.05, 3.63) is 183 Å². The normalized spacial score (nSPS) is 13.4. The number of hydrogen-bond donors (Lipinski definition) is 0. The van der Waals surface area contributed by atoms with Crippen molar-refractivity contribution in [3.63, 3.8) is 0 Å². The highest BCUT2D eigenvalue weighted by atomic mass is 19.4. The van der Waals surface area contributed by atoms with Crippen LogP contribution in [0.25, 0.3) is 0 Å². The van der Waals surface area contributed by atoms with Gasteiger partial charge in [-0.3, -0.25) is 4.79 Å². The Morgan fingerprint density at radius 3 is 0.808 bits per heavy atom. The fourth-order valence-electron chi connectivity index (χ4n) is 7.75. The summed E-state index contributed by atoms with van der Waals surface area (Å²) in [5, 5.41) is 0. The molecule has 0 fully saturated rings. The lowest BCUT2D eigenvalue weighted by molar-refractivity contribution is -0.683. The number of Topliss-reactive ketones (excluding diaryl/α,β-unsaturated/α-hetero) is 1. The molecule has 2 nitrogen and oxygen atoms in total. The Morgan fingerprint density at radius 1 is 0.356 bits per heavy atom. The summed E-state index contributed by atoms with van der Waals surface area (Å²) in [7, 11) is 0. The number of alkyl halides is 24. The molecular weight excluding hydrogens is 1050 g/mol. The van der Waals surface area contributed by atoms with Crippen LogP contribution in [0, 0.1) is 6.92 Å². The zero-order valence-corrected chi connectivity index (χ0v) is 35.8. The highest BCUT2D eigenvalue weighted by Crippen LogP contribution is 2.41. The fourth-order valence-corrected chi connectivity index (χ4v) is 7.75. The summed E-state index contributed by atoms with van der Waals surface area (Å²) in [4.78, 5) is 12.0. The highest BCUT2D eigenvalue weighted by molar-refractivity contribution is 7.20. The van der Waals surface area contributed by atoms with Crippen molar-refractivity contribution in [2.45, 2.75) is 62.9 Å². The van der Waals surface area contributed by atoms with Crippen LogP contribution < -0.4 is 26.4 Å². The number of carbonyl (C=O) groups is 1. The molecule has 0 bridgehead atoms. The van der Waals surface area contributed by atoms with E-state index in [1.165, 1.54) is 0 Å². The molecule has 0 aliphatic carbocycles. The molecule has 6 rings (SSSR count). The molecule has 0 atom stereocenters. The minimum atomic E-state index is -6.13. The largest absolute Gasteiger partial charge is 0.416 e. The van der Waals surface area contributed by atoms with Crippen LogP contribution in [0.4, 0.5) is 105 Å². The van der Waals surface area contributed by atoms with Crippen molar-refractivity contribution < 1.29 is 115 Å². The summed E-state index contributed by atoms with van der Waals surface area (Å²) < 4.78 is 343. The van der Waals surface area contributed by atoms with Crippen LogP contribution in [0.3, 0.4) is 0 Å². The van der Waals surface area contributed by atoms with Gasteiger partial charge in [-0.05, 0) is 36.8 Å². The van der Waals surface area contributed by atoms with Gasteiger partial charge in [0.05, 0.1) is 44.5 Å². The van der Waals surface area contributed by atoms with Crippen molar-refractivity contribution in [1.82, 2.24) is 0 Å². The summed E-state index contributed by atoms with van der Waals surface area (Å²) in [5.74, 6) is 0.148. The van der Waals surface area contributed by atoms with E-state index in [1.54, 1.807) is 0 Å². The molecular formula is C46H26BF24NO. The number of aryl methyl sites for hydroxylation is 1. The van der Waals surface area contributed by atoms with Gasteiger partial charge in [0.15, 0.2) is 12.4 Å². The first-order chi connectivity index (χ1) is 33.0. The molecule has 6 aromatic rings. The number of pyridine rings is 1. The number of ketones is 1. The molecule has 0 amide bonds. The molecule has 73 heavy (non-hydrogen) atoms. The summed E-state index contributed by atoms with van der Waals surface area (Å²) in [6.07, 6.45) is -51.0. The average Bonchev–Trinajstić information content (AvgIpc) is 3.24. The third kappa shape index (κ3) is 13.3. The van der Waals surface area contributed by atoms with E-state index in [0.29, 0.717) is 6.54 Å². The number of hydrogen-bond acceptors (Lipinski definition) is 1. The molecule has 1 heterocycles. The Balaban J connectivity index is 0.000000520. The van der Waals surface area contributed by atoms with Gasteiger partial charge in [-0.15, -0.1) is 0 Å². The second kappa shape index (κ2) is 19.6. The molecule has 0 N–H and O–H groups in total. The van der Waals surface area contributed by atoms with Crippen molar-refractivity contribution in [2.75, 3.05) is 0 Å². The van der Waals surface area contributed by atoms with E-state index < -0.39 is 195 Å². The van der Waals surface area contributed by atoms with Crippen LogP contribution >= 0.6 is 0 Å². The van der Waals surface area contributed by atoms with Crippen molar-refractivity contribution >= 4 is 33.8 Å². The van der Waals surface area contributed by atoms with Crippen LogP contribution in [0.15, 0.2) is 128 Å². The van der Waals surface area contributed by atoms with Gasteiger partial charge in [0.25, 0.3) is 0 Å². The molecule has 5 aromatic carbocycles. The molecule has 0 unspecified atom stereocenters. The molecule has 0 spiro atoms. The van der Waals surface area contributed by atoms with Crippen LogP contribution in [0.5, 0.6) is 0 Å². The highest BCUT2D eigenvalue weighted by Gasteiger charge is 2.47. The smallest absolute Gasteiger partial charge is 0.287 e. The number of nitrogens with zero attached hydrogens (tertiary/aromatic N) is 1. The first-order valence-electron chi connectivity index (χ1n) is 19.9. The van der Waals surface area contributed by atoms with Crippen molar-refractivity contribution in [3.8, 4) is 0 Å². The summed E-state index contributed by atoms with van der Waals surface area (Å²) in [6.45, 7) is 2.36. The standard InChI is InChI=1S/C32H12BF24.C14H14NO/c34-25(35,36)13-1-14(26(37,38)39)6-21(5-13)33(22-7-15(27(40,41)42)2-16(8-22)28(43,44)45,23-9-17(29(46,47)48)3-18(10-23)30(49,50)51)24-11-19(31(52,53)54)4-20(12-24)32(55,56)57;1-12-7-3-4-8-13(12)14(16)11-15-9-5-2-6-10-15/h1-12H;2-10H,11H2,1H3/q-1;+1. The number of benzene rings is 5. The Hall–Kier alpha value is -6.70. The second-order valence-corrected chi connectivity index (χ2v) is 16.0. The predicted molar refractivity (Wildman–Crippen MR) is 212 cm³/mol. The minimum absolute atomic E-state index is 0.148. The van der Waals surface area contributed by atoms with Crippen LogP contribution in [0.1, 0.15) is 60.4 Å². The average molecular weight is 1080 g/mol. The zero-order chi connectivity index (χ0) is 55.3. The van der Waals surface area contributed by atoms with Gasteiger partial charge < -0.3 is 0 Å². The van der Waals surface area contributed by atoms with Gasteiger partial charge in [0.1, 0.15) is 6.15 Å². The van der Waals surface area contributed by atoms with E-state index in [1.807, 2.05) is 66.3 Å². The maximum atomic E-state index is 14.2. The molecule has 0 radical (unpaired) electrons. The van der Waals surface area contributed by atoms with E-state index in [0.717, 1.165) is 11.1 Å². The summed E-state index contributed by atoms with van der Waals surface area (Å²) in [5.41, 5.74) is -28.4. The third-order valence-electron chi connectivity index (χ3n) is 11.0.